The predicted molar refractivity (Wildman–Crippen MR) is 82.2 cm³/mol. The first-order valence-corrected chi connectivity index (χ1v) is 7.33. The van der Waals surface area contributed by atoms with E-state index >= 15 is 0 Å². The van der Waals surface area contributed by atoms with Crippen molar-refractivity contribution in [2.45, 2.75) is 4.90 Å². The minimum absolute atomic E-state index is 0.859. The molecule has 0 aliphatic rings. The molecule has 19 heavy (non-hydrogen) atoms. The van der Waals surface area contributed by atoms with Gasteiger partial charge in [0.25, 0.3) is 0 Å². The molecule has 3 nitrogen and oxygen atoms in total. The van der Waals surface area contributed by atoms with Gasteiger partial charge < -0.3 is 9.88 Å². The highest BCUT2D eigenvalue weighted by Crippen LogP contribution is 2.23. The second-order valence-electron chi connectivity index (χ2n) is 4.34. The topological polar surface area (TPSA) is 29.9 Å². The summed E-state index contributed by atoms with van der Waals surface area (Å²) in [6.07, 6.45) is 2.08. The van der Waals surface area contributed by atoms with Gasteiger partial charge in [0.2, 0.25) is 5.95 Å². The molecule has 0 bridgehead atoms. The van der Waals surface area contributed by atoms with Crippen LogP contribution in [0.3, 0.4) is 0 Å². The zero-order valence-corrected chi connectivity index (χ0v) is 11.7. The van der Waals surface area contributed by atoms with Crippen LogP contribution >= 0.6 is 11.8 Å². The molecule has 3 aromatic rings. The molecule has 0 unspecified atom stereocenters. The monoisotopic (exact) mass is 269 g/mol. The third kappa shape index (κ3) is 2.31. The molecule has 0 saturated carbocycles. The van der Waals surface area contributed by atoms with Crippen molar-refractivity contribution in [3.63, 3.8) is 0 Å². The van der Waals surface area contributed by atoms with E-state index in [4.69, 9.17) is 0 Å². The Morgan fingerprint density at radius 2 is 1.79 bits per heavy atom. The van der Waals surface area contributed by atoms with Crippen LogP contribution in [0.2, 0.25) is 0 Å². The van der Waals surface area contributed by atoms with Crippen LogP contribution in [0, 0.1) is 0 Å². The van der Waals surface area contributed by atoms with Crippen molar-refractivity contribution >= 4 is 34.4 Å². The van der Waals surface area contributed by atoms with Gasteiger partial charge in [-0.1, -0.05) is 12.1 Å². The fourth-order valence-electron chi connectivity index (χ4n) is 2.06. The van der Waals surface area contributed by atoms with E-state index in [-0.39, 0.29) is 0 Å². The summed E-state index contributed by atoms with van der Waals surface area (Å²) >= 11 is 1.74. The summed E-state index contributed by atoms with van der Waals surface area (Å²) in [5.74, 6) is 0.859. The van der Waals surface area contributed by atoms with Crippen LogP contribution in [-0.4, -0.2) is 15.8 Å². The number of rotatable bonds is 3. The van der Waals surface area contributed by atoms with E-state index in [9.17, 15) is 0 Å². The average Bonchev–Trinajstić information content (AvgIpc) is 2.77. The Hall–Kier alpha value is -1.94. The van der Waals surface area contributed by atoms with Gasteiger partial charge in [-0.25, -0.2) is 4.98 Å². The highest BCUT2D eigenvalue weighted by Gasteiger charge is 2.06. The smallest absolute Gasteiger partial charge is 0.208 e. The van der Waals surface area contributed by atoms with Crippen molar-refractivity contribution in [3.05, 3.63) is 48.5 Å². The second-order valence-corrected chi connectivity index (χ2v) is 5.22. The fraction of sp³-hybridized carbons (Fsp3) is 0.133. The standard InChI is InChI=1S/C15H15N3S/c1-18-14-6-4-3-5-13(14)17-15(18)16-11-7-9-12(19-2)10-8-11/h3-10H,1-2H3,(H,16,17). The molecule has 0 aliphatic heterocycles. The Morgan fingerprint density at radius 3 is 2.47 bits per heavy atom. The molecule has 3 rings (SSSR count). The molecule has 0 spiro atoms. The number of hydrogen-bond donors (Lipinski definition) is 1. The highest BCUT2D eigenvalue weighted by atomic mass is 32.2. The summed E-state index contributed by atoms with van der Waals surface area (Å²) < 4.78 is 2.07. The highest BCUT2D eigenvalue weighted by molar-refractivity contribution is 7.98. The number of aromatic nitrogens is 2. The van der Waals surface area contributed by atoms with Crippen LogP contribution in [0.15, 0.2) is 53.4 Å². The van der Waals surface area contributed by atoms with Gasteiger partial charge in [-0.2, -0.15) is 0 Å². The van der Waals surface area contributed by atoms with E-state index in [0.29, 0.717) is 0 Å². The number of fused-ring (bicyclic) bond motifs is 1. The normalized spacial score (nSPS) is 10.8. The summed E-state index contributed by atoms with van der Waals surface area (Å²) in [6.45, 7) is 0. The Morgan fingerprint density at radius 1 is 1.05 bits per heavy atom. The van der Waals surface area contributed by atoms with Gasteiger partial charge in [-0.05, 0) is 42.7 Å². The second kappa shape index (κ2) is 4.97. The van der Waals surface area contributed by atoms with E-state index in [2.05, 4.69) is 51.5 Å². The third-order valence-corrected chi connectivity index (χ3v) is 3.88. The number of anilines is 2. The van der Waals surface area contributed by atoms with Gasteiger partial charge >= 0.3 is 0 Å². The molecule has 0 fully saturated rings. The predicted octanol–water partition coefficient (Wildman–Crippen LogP) is 4.04. The van der Waals surface area contributed by atoms with Gasteiger partial charge in [0.1, 0.15) is 0 Å². The van der Waals surface area contributed by atoms with Crippen LogP contribution in [0.25, 0.3) is 11.0 Å². The zero-order valence-electron chi connectivity index (χ0n) is 10.9. The maximum atomic E-state index is 4.60. The van der Waals surface area contributed by atoms with Crippen LogP contribution in [0.1, 0.15) is 0 Å². The van der Waals surface area contributed by atoms with E-state index in [1.807, 2.05) is 25.2 Å². The Labute approximate surface area is 116 Å². The van der Waals surface area contributed by atoms with Gasteiger partial charge in [-0.15, -0.1) is 11.8 Å². The summed E-state index contributed by atoms with van der Waals surface area (Å²) in [5.41, 5.74) is 3.19. The maximum Gasteiger partial charge on any atom is 0.208 e. The number of benzene rings is 2. The van der Waals surface area contributed by atoms with E-state index in [1.54, 1.807) is 11.8 Å². The summed E-state index contributed by atoms with van der Waals surface area (Å²) in [4.78, 5) is 5.86. The molecule has 96 valence electrons. The average molecular weight is 269 g/mol. The first-order valence-electron chi connectivity index (χ1n) is 6.10. The molecule has 1 N–H and O–H groups in total. The van der Waals surface area contributed by atoms with E-state index in [1.165, 1.54) is 4.90 Å². The molecule has 2 aromatic carbocycles. The summed E-state index contributed by atoms with van der Waals surface area (Å²) in [6, 6.07) is 16.5. The van der Waals surface area contributed by atoms with Gasteiger partial charge in [0.15, 0.2) is 0 Å². The lowest BCUT2D eigenvalue weighted by molar-refractivity contribution is 0.958. The molecule has 1 aromatic heterocycles. The lowest BCUT2D eigenvalue weighted by atomic mass is 10.3. The molecule has 0 atom stereocenters. The van der Waals surface area contributed by atoms with Crippen molar-refractivity contribution in [1.29, 1.82) is 0 Å². The maximum absolute atomic E-state index is 4.60. The van der Waals surface area contributed by atoms with Crippen molar-refractivity contribution in [3.8, 4) is 0 Å². The molecule has 1 heterocycles. The van der Waals surface area contributed by atoms with Crippen LogP contribution in [0.5, 0.6) is 0 Å². The molecule has 0 amide bonds. The van der Waals surface area contributed by atoms with Gasteiger partial charge in [0, 0.05) is 17.6 Å². The zero-order chi connectivity index (χ0) is 13.2. The Bertz CT molecular complexity index is 701. The first-order chi connectivity index (χ1) is 9.28. The SMILES string of the molecule is CSc1ccc(Nc2nc3ccccc3n2C)cc1. The minimum Gasteiger partial charge on any atom is -0.326 e. The lowest BCUT2D eigenvalue weighted by Crippen LogP contribution is -1.98. The van der Waals surface area contributed by atoms with Crippen LogP contribution in [0.4, 0.5) is 11.6 Å². The van der Waals surface area contributed by atoms with Crippen LogP contribution < -0.4 is 5.32 Å². The number of aryl methyl sites for hydroxylation is 1. The molecule has 0 saturated heterocycles. The molecule has 4 heteroatoms. The van der Waals surface area contributed by atoms with Crippen LogP contribution in [-0.2, 0) is 7.05 Å². The van der Waals surface area contributed by atoms with Gasteiger partial charge in [0.05, 0.1) is 11.0 Å². The van der Waals surface area contributed by atoms with Crippen molar-refractivity contribution in [2.75, 3.05) is 11.6 Å². The quantitative estimate of drug-likeness (QED) is 0.728. The molecule has 0 radical (unpaired) electrons. The molecular weight excluding hydrogens is 254 g/mol. The number of hydrogen-bond acceptors (Lipinski definition) is 3. The fourth-order valence-corrected chi connectivity index (χ4v) is 2.47. The van der Waals surface area contributed by atoms with Crippen molar-refractivity contribution in [2.24, 2.45) is 7.05 Å². The number of para-hydroxylation sites is 2. The largest absolute Gasteiger partial charge is 0.326 e. The Balaban J connectivity index is 1.94. The Kier molecular flexibility index (Phi) is 3.17. The minimum atomic E-state index is 0.859. The number of thioether (sulfide) groups is 1. The van der Waals surface area contributed by atoms with E-state index < -0.39 is 0 Å². The van der Waals surface area contributed by atoms with Gasteiger partial charge in [-0.3, -0.25) is 0 Å². The summed E-state index contributed by atoms with van der Waals surface area (Å²) in [7, 11) is 2.02. The number of imidazole rings is 1. The van der Waals surface area contributed by atoms with E-state index in [0.717, 1.165) is 22.7 Å². The molecular formula is C15H15N3S. The third-order valence-electron chi connectivity index (χ3n) is 3.13. The first kappa shape index (κ1) is 12.1. The van der Waals surface area contributed by atoms with Crippen molar-refractivity contribution in [1.82, 2.24) is 9.55 Å². The number of nitrogens with zero attached hydrogens (tertiary/aromatic N) is 2. The van der Waals surface area contributed by atoms with Crippen molar-refractivity contribution < 1.29 is 0 Å². The summed E-state index contributed by atoms with van der Waals surface area (Å²) in [5, 5.41) is 3.36. The number of nitrogens with one attached hydrogen (secondary N) is 1. The molecule has 0 aliphatic carbocycles. The lowest BCUT2D eigenvalue weighted by Gasteiger charge is -2.06.